The first-order valence-electron chi connectivity index (χ1n) is 4.10. The van der Waals surface area contributed by atoms with E-state index in [1.54, 1.807) is 6.92 Å². The van der Waals surface area contributed by atoms with Crippen molar-refractivity contribution in [1.82, 2.24) is 4.98 Å². The standard InChI is InChI=1S/C9H11F2NO2/c1-6-2-12-3-7(4-13)9(6)14-5-8(10)11/h2-3,8,13H,4-5H2,1H3. The molecule has 1 aromatic heterocycles. The van der Waals surface area contributed by atoms with Crippen molar-refractivity contribution < 1.29 is 18.6 Å². The van der Waals surface area contributed by atoms with Gasteiger partial charge in [-0.3, -0.25) is 4.98 Å². The van der Waals surface area contributed by atoms with Crippen molar-refractivity contribution in [2.75, 3.05) is 6.61 Å². The molecule has 14 heavy (non-hydrogen) atoms. The molecular weight excluding hydrogens is 192 g/mol. The van der Waals surface area contributed by atoms with Crippen LogP contribution in [-0.2, 0) is 6.61 Å². The topological polar surface area (TPSA) is 42.4 Å². The van der Waals surface area contributed by atoms with Gasteiger partial charge in [0.25, 0.3) is 6.43 Å². The first-order chi connectivity index (χ1) is 6.65. The van der Waals surface area contributed by atoms with Gasteiger partial charge in [0.2, 0.25) is 0 Å². The lowest BCUT2D eigenvalue weighted by atomic mass is 10.2. The fraction of sp³-hybridized carbons (Fsp3) is 0.444. The lowest BCUT2D eigenvalue weighted by Crippen LogP contribution is -2.09. The van der Waals surface area contributed by atoms with E-state index in [0.717, 1.165) is 0 Å². The van der Waals surface area contributed by atoms with Gasteiger partial charge in [-0.2, -0.15) is 0 Å². The molecule has 0 unspecified atom stereocenters. The van der Waals surface area contributed by atoms with Gasteiger partial charge in [-0.25, -0.2) is 8.78 Å². The van der Waals surface area contributed by atoms with Crippen LogP contribution >= 0.6 is 0 Å². The third-order valence-electron chi connectivity index (χ3n) is 1.67. The van der Waals surface area contributed by atoms with Crippen LogP contribution in [0.2, 0.25) is 0 Å². The van der Waals surface area contributed by atoms with Crippen LogP contribution in [0.4, 0.5) is 8.78 Å². The molecule has 1 aromatic rings. The van der Waals surface area contributed by atoms with E-state index in [1.165, 1.54) is 12.4 Å². The molecule has 3 nitrogen and oxygen atoms in total. The molecule has 5 heteroatoms. The van der Waals surface area contributed by atoms with Crippen LogP contribution in [0.15, 0.2) is 12.4 Å². The Labute approximate surface area is 80.3 Å². The summed E-state index contributed by atoms with van der Waals surface area (Å²) < 4.78 is 28.6. The fourth-order valence-electron chi connectivity index (χ4n) is 1.08. The number of pyridine rings is 1. The van der Waals surface area contributed by atoms with E-state index in [0.29, 0.717) is 16.9 Å². The number of aliphatic hydroxyl groups is 1. The van der Waals surface area contributed by atoms with Crippen molar-refractivity contribution in [3.8, 4) is 5.75 Å². The Hall–Kier alpha value is -1.23. The van der Waals surface area contributed by atoms with Crippen molar-refractivity contribution in [3.63, 3.8) is 0 Å². The van der Waals surface area contributed by atoms with Gasteiger partial charge in [-0.05, 0) is 6.92 Å². The number of aromatic nitrogens is 1. The number of ether oxygens (including phenoxy) is 1. The summed E-state index contributed by atoms with van der Waals surface area (Å²) >= 11 is 0. The molecule has 0 aliphatic heterocycles. The van der Waals surface area contributed by atoms with E-state index < -0.39 is 13.0 Å². The van der Waals surface area contributed by atoms with E-state index in [2.05, 4.69) is 4.98 Å². The predicted octanol–water partition coefficient (Wildman–Crippen LogP) is 1.53. The summed E-state index contributed by atoms with van der Waals surface area (Å²) in [4.78, 5) is 3.82. The molecule has 0 bridgehead atoms. The van der Waals surface area contributed by atoms with E-state index in [-0.39, 0.29) is 6.61 Å². The average molecular weight is 203 g/mol. The Kier molecular flexibility index (Phi) is 3.76. The van der Waals surface area contributed by atoms with Crippen LogP contribution in [0, 0.1) is 6.92 Å². The normalized spacial score (nSPS) is 10.6. The van der Waals surface area contributed by atoms with Crippen LogP contribution < -0.4 is 4.74 Å². The predicted molar refractivity (Wildman–Crippen MR) is 46.4 cm³/mol. The third-order valence-corrected chi connectivity index (χ3v) is 1.67. The molecule has 1 rings (SSSR count). The van der Waals surface area contributed by atoms with Gasteiger partial charge in [0.05, 0.1) is 6.61 Å². The van der Waals surface area contributed by atoms with Crippen molar-refractivity contribution in [1.29, 1.82) is 0 Å². The number of alkyl halides is 2. The van der Waals surface area contributed by atoms with Gasteiger partial charge < -0.3 is 9.84 Å². The molecule has 0 radical (unpaired) electrons. The highest BCUT2D eigenvalue weighted by atomic mass is 19.3. The smallest absolute Gasteiger partial charge is 0.272 e. The maximum absolute atomic E-state index is 11.9. The second kappa shape index (κ2) is 4.85. The minimum atomic E-state index is -2.52. The Morgan fingerprint density at radius 3 is 2.79 bits per heavy atom. The average Bonchev–Trinajstić information content (AvgIpc) is 2.15. The summed E-state index contributed by atoms with van der Waals surface area (Å²) in [6.45, 7) is 0.748. The molecule has 0 saturated carbocycles. The lowest BCUT2D eigenvalue weighted by Gasteiger charge is -2.11. The molecule has 0 aromatic carbocycles. The Morgan fingerprint density at radius 1 is 1.50 bits per heavy atom. The van der Waals surface area contributed by atoms with Gasteiger partial charge >= 0.3 is 0 Å². The van der Waals surface area contributed by atoms with Crippen LogP contribution in [0.1, 0.15) is 11.1 Å². The highest BCUT2D eigenvalue weighted by Gasteiger charge is 2.09. The first-order valence-corrected chi connectivity index (χ1v) is 4.10. The third kappa shape index (κ3) is 2.63. The van der Waals surface area contributed by atoms with Crippen LogP contribution in [0.5, 0.6) is 5.75 Å². The van der Waals surface area contributed by atoms with Crippen molar-refractivity contribution >= 4 is 0 Å². The summed E-state index contributed by atoms with van der Waals surface area (Å²) in [6.07, 6.45) is 0.377. The molecule has 0 aliphatic carbocycles. The van der Waals surface area contributed by atoms with Gasteiger partial charge in [-0.15, -0.1) is 0 Å². The summed E-state index contributed by atoms with van der Waals surface area (Å²) in [5.41, 5.74) is 1.06. The van der Waals surface area contributed by atoms with Crippen molar-refractivity contribution in [3.05, 3.63) is 23.5 Å². The van der Waals surface area contributed by atoms with Crippen molar-refractivity contribution in [2.45, 2.75) is 20.0 Å². The van der Waals surface area contributed by atoms with Crippen molar-refractivity contribution in [2.24, 2.45) is 0 Å². The molecule has 0 saturated heterocycles. The molecule has 1 heterocycles. The zero-order valence-electron chi connectivity index (χ0n) is 7.70. The van der Waals surface area contributed by atoms with Gasteiger partial charge in [-0.1, -0.05) is 0 Å². The second-order valence-corrected chi connectivity index (χ2v) is 2.80. The Bertz CT molecular complexity index is 305. The van der Waals surface area contributed by atoms with E-state index in [4.69, 9.17) is 9.84 Å². The van der Waals surface area contributed by atoms with Crippen LogP contribution in [0.25, 0.3) is 0 Å². The zero-order chi connectivity index (χ0) is 10.6. The molecule has 1 N–H and O–H groups in total. The summed E-state index contributed by atoms with van der Waals surface area (Å²) in [5.74, 6) is 0.294. The first kappa shape index (κ1) is 10.8. The van der Waals surface area contributed by atoms with Gasteiger partial charge in [0, 0.05) is 23.5 Å². The molecular formula is C9H11F2NO2. The SMILES string of the molecule is Cc1cncc(CO)c1OCC(F)F. The van der Waals surface area contributed by atoms with Crippen LogP contribution in [-0.4, -0.2) is 23.1 Å². The molecule has 0 fully saturated rings. The number of aryl methyl sites for hydroxylation is 1. The molecule has 0 amide bonds. The highest BCUT2D eigenvalue weighted by Crippen LogP contribution is 2.22. The second-order valence-electron chi connectivity index (χ2n) is 2.80. The number of aliphatic hydroxyl groups excluding tert-OH is 1. The lowest BCUT2D eigenvalue weighted by molar-refractivity contribution is 0.0802. The van der Waals surface area contributed by atoms with E-state index >= 15 is 0 Å². The Morgan fingerprint density at radius 2 is 2.21 bits per heavy atom. The zero-order valence-corrected chi connectivity index (χ0v) is 7.70. The molecule has 0 atom stereocenters. The minimum absolute atomic E-state index is 0.271. The monoisotopic (exact) mass is 203 g/mol. The fourth-order valence-corrected chi connectivity index (χ4v) is 1.08. The molecule has 0 aliphatic rings. The summed E-state index contributed by atoms with van der Waals surface area (Å²) in [7, 11) is 0. The summed E-state index contributed by atoms with van der Waals surface area (Å²) in [6, 6.07) is 0. The van der Waals surface area contributed by atoms with Gasteiger partial charge in [0.1, 0.15) is 12.4 Å². The number of halogens is 2. The molecule has 78 valence electrons. The van der Waals surface area contributed by atoms with E-state index in [9.17, 15) is 8.78 Å². The number of hydrogen-bond donors (Lipinski definition) is 1. The minimum Gasteiger partial charge on any atom is -0.487 e. The number of rotatable bonds is 4. The highest BCUT2D eigenvalue weighted by molar-refractivity contribution is 5.37. The quantitative estimate of drug-likeness (QED) is 0.806. The van der Waals surface area contributed by atoms with Gasteiger partial charge in [0.15, 0.2) is 0 Å². The van der Waals surface area contributed by atoms with E-state index in [1.807, 2.05) is 0 Å². The maximum Gasteiger partial charge on any atom is 0.272 e. The summed E-state index contributed by atoms with van der Waals surface area (Å²) in [5, 5.41) is 8.90. The maximum atomic E-state index is 11.9. The Balaban J connectivity index is 2.82. The largest absolute Gasteiger partial charge is 0.487 e. The molecule has 0 spiro atoms. The number of hydrogen-bond acceptors (Lipinski definition) is 3. The van der Waals surface area contributed by atoms with Crippen LogP contribution in [0.3, 0.4) is 0 Å². The number of nitrogens with zero attached hydrogens (tertiary/aromatic N) is 1.